The van der Waals surface area contributed by atoms with Crippen LogP contribution >= 0.6 is 0 Å². The fraction of sp³-hybridized carbons (Fsp3) is 0.438. The molecular formula is C16H21N3O. The monoisotopic (exact) mass is 271 g/mol. The van der Waals surface area contributed by atoms with Gasteiger partial charge in [0.1, 0.15) is 11.6 Å². The molecule has 1 aromatic carbocycles. The summed E-state index contributed by atoms with van der Waals surface area (Å²) in [7, 11) is 0. The second kappa shape index (κ2) is 6.09. The zero-order chi connectivity index (χ0) is 13.8. The molecule has 0 saturated carbocycles. The number of fused-ring (bicyclic) bond motifs is 1. The molecule has 0 unspecified atom stereocenters. The molecule has 1 aliphatic heterocycles. The van der Waals surface area contributed by atoms with Crippen LogP contribution in [0.5, 0.6) is 5.75 Å². The molecule has 0 saturated heterocycles. The van der Waals surface area contributed by atoms with Crippen molar-refractivity contribution in [1.82, 2.24) is 14.9 Å². The summed E-state index contributed by atoms with van der Waals surface area (Å²) in [5, 5.41) is 3.37. The van der Waals surface area contributed by atoms with Gasteiger partial charge in [-0.15, -0.1) is 0 Å². The van der Waals surface area contributed by atoms with E-state index in [0.717, 1.165) is 50.7 Å². The lowest BCUT2D eigenvalue weighted by Crippen LogP contribution is -2.25. The Morgan fingerprint density at radius 1 is 1.30 bits per heavy atom. The van der Waals surface area contributed by atoms with Gasteiger partial charge in [-0.1, -0.05) is 18.2 Å². The largest absolute Gasteiger partial charge is 0.494 e. The van der Waals surface area contributed by atoms with Crippen molar-refractivity contribution in [3.8, 4) is 5.75 Å². The van der Waals surface area contributed by atoms with Gasteiger partial charge >= 0.3 is 0 Å². The van der Waals surface area contributed by atoms with Crippen molar-refractivity contribution in [1.29, 1.82) is 0 Å². The minimum Gasteiger partial charge on any atom is -0.494 e. The lowest BCUT2D eigenvalue weighted by atomic mass is 10.2. The Morgan fingerprint density at radius 3 is 3.00 bits per heavy atom. The van der Waals surface area contributed by atoms with E-state index in [-0.39, 0.29) is 0 Å². The topological polar surface area (TPSA) is 39.1 Å². The summed E-state index contributed by atoms with van der Waals surface area (Å²) in [6.07, 6.45) is 2.08. The van der Waals surface area contributed by atoms with Crippen LogP contribution in [-0.4, -0.2) is 22.7 Å². The third-order valence-corrected chi connectivity index (χ3v) is 3.72. The van der Waals surface area contributed by atoms with Gasteiger partial charge in [-0.05, 0) is 25.5 Å². The average molecular weight is 271 g/mol. The number of imidazole rings is 1. The normalized spacial score (nSPS) is 14.1. The average Bonchev–Trinajstić information content (AvgIpc) is 2.80. The number of rotatable bonds is 5. The van der Waals surface area contributed by atoms with Crippen molar-refractivity contribution in [2.75, 3.05) is 13.2 Å². The van der Waals surface area contributed by atoms with Gasteiger partial charge < -0.3 is 14.6 Å². The zero-order valence-electron chi connectivity index (χ0n) is 11.9. The summed E-state index contributed by atoms with van der Waals surface area (Å²) in [6, 6.07) is 9.99. The molecule has 1 N–H and O–H groups in total. The fourth-order valence-corrected chi connectivity index (χ4v) is 2.73. The van der Waals surface area contributed by atoms with Gasteiger partial charge in [0.2, 0.25) is 0 Å². The molecule has 4 heteroatoms. The van der Waals surface area contributed by atoms with Gasteiger partial charge in [0.25, 0.3) is 0 Å². The third-order valence-electron chi connectivity index (χ3n) is 3.72. The van der Waals surface area contributed by atoms with E-state index >= 15 is 0 Å². The molecule has 0 spiro atoms. The number of nitrogens with zero attached hydrogens (tertiary/aromatic N) is 2. The molecule has 1 aromatic heterocycles. The summed E-state index contributed by atoms with van der Waals surface area (Å²) in [4.78, 5) is 4.65. The number of nitrogens with one attached hydrogen (secondary N) is 1. The Hall–Kier alpha value is -1.81. The first-order valence-corrected chi connectivity index (χ1v) is 7.28. The van der Waals surface area contributed by atoms with Gasteiger partial charge in [0.15, 0.2) is 0 Å². The van der Waals surface area contributed by atoms with Crippen LogP contribution < -0.4 is 10.1 Å². The molecule has 1 aliphatic rings. The maximum absolute atomic E-state index is 5.74. The van der Waals surface area contributed by atoms with E-state index in [4.69, 9.17) is 4.74 Å². The Morgan fingerprint density at radius 2 is 2.15 bits per heavy atom. The number of hydrogen-bond donors (Lipinski definition) is 1. The smallest absolute Gasteiger partial charge is 0.119 e. The van der Waals surface area contributed by atoms with Crippen molar-refractivity contribution in [3.63, 3.8) is 0 Å². The van der Waals surface area contributed by atoms with Crippen molar-refractivity contribution in [2.45, 2.75) is 32.9 Å². The maximum atomic E-state index is 5.74. The molecule has 4 nitrogen and oxygen atoms in total. The highest BCUT2D eigenvalue weighted by atomic mass is 16.5. The highest BCUT2D eigenvalue weighted by Gasteiger charge is 2.17. The van der Waals surface area contributed by atoms with Gasteiger partial charge in [0, 0.05) is 31.7 Å². The van der Waals surface area contributed by atoms with E-state index in [0.29, 0.717) is 0 Å². The van der Waals surface area contributed by atoms with Gasteiger partial charge in [0.05, 0.1) is 12.3 Å². The maximum Gasteiger partial charge on any atom is 0.119 e. The number of benzene rings is 1. The van der Waals surface area contributed by atoms with Crippen molar-refractivity contribution < 1.29 is 4.74 Å². The van der Waals surface area contributed by atoms with E-state index in [1.165, 1.54) is 11.4 Å². The SMILES string of the molecule is Cc1nc2c(n1CCCOc1ccccc1)CCNC2. The van der Waals surface area contributed by atoms with E-state index in [9.17, 15) is 0 Å². The summed E-state index contributed by atoms with van der Waals surface area (Å²) >= 11 is 0. The van der Waals surface area contributed by atoms with Crippen LogP contribution in [0.4, 0.5) is 0 Å². The van der Waals surface area contributed by atoms with Gasteiger partial charge in [-0.2, -0.15) is 0 Å². The Kier molecular flexibility index (Phi) is 4.02. The van der Waals surface area contributed by atoms with Crippen LogP contribution in [0, 0.1) is 6.92 Å². The summed E-state index contributed by atoms with van der Waals surface area (Å²) in [6.45, 7) is 5.79. The second-order valence-electron chi connectivity index (χ2n) is 5.15. The molecule has 20 heavy (non-hydrogen) atoms. The second-order valence-corrected chi connectivity index (χ2v) is 5.15. The molecule has 2 heterocycles. The molecule has 3 rings (SSSR count). The van der Waals surface area contributed by atoms with Crippen LogP contribution in [0.25, 0.3) is 0 Å². The van der Waals surface area contributed by atoms with Crippen LogP contribution in [0.15, 0.2) is 30.3 Å². The van der Waals surface area contributed by atoms with E-state index in [1.807, 2.05) is 30.3 Å². The number of aromatic nitrogens is 2. The predicted molar refractivity (Wildman–Crippen MR) is 78.9 cm³/mol. The minimum atomic E-state index is 0.745. The molecule has 0 radical (unpaired) electrons. The molecular weight excluding hydrogens is 250 g/mol. The van der Waals surface area contributed by atoms with Gasteiger partial charge in [-0.3, -0.25) is 0 Å². The molecule has 2 aromatic rings. The Balaban J connectivity index is 1.55. The van der Waals surface area contributed by atoms with Crippen molar-refractivity contribution >= 4 is 0 Å². The molecule has 0 fully saturated rings. The first kappa shape index (κ1) is 13.2. The van der Waals surface area contributed by atoms with Gasteiger partial charge in [-0.25, -0.2) is 4.98 Å². The van der Waals surface area contributed by atoms with Crippen molar-refractivity contribution in [3.05, 3.63) is 47.5 Å². The Labute approximate surface area is 119 Å². The zero-order valence-corrected chi connectivity index (χ0v) is 11.9. The number of ether oxygens (including phenoxy) is 1. The number of hydrogen-bond acceptors (Lipinski definition) is 3. The van der Waals surface area contributed by atoms with Crippen LogP contribution in [-0.2, 0) is 19.5 Å². The predicted octanol–water partition coefficient (Wildman–Crippen LogP) is 2.31. The summed E-state index contributed by atoms with van der Waals surface area (Å²) in [5.74, 6) is 2.07. The fourth-order valence-electron chi connectivity index (χ4n) is 2.73. The van der Waals surface area contributed by atoms with Crippen molar-refractivity contribution in [2.24, 2.45) is 0 Å². The van der Waals surface area contributed by atoms with Crippen LogP contribution in [0.1, 0.15) is 23.6 Å². The number of aryl methyl sites for hydroxylation is 1. The summed E-state index contributed by atoms with van der Waals surface area (Å²) < 4.78 is 8.09. The van der Waals surface area contributed by atoms with E-state index in [2.05, 4.69) is 21.8 Å². The van der Waals surface area contributed by atoms with E-state index < -0.39 is 0 Å². The van der Waals surface area contributed by atoms with E-state index in [1.54, 1.807) is 0 Å². The number of para-hydroxylation sites is 1. The third kappa shape index (κ3) is 2.85. The molecule has 0 aliphatic carbocycles. The molecule has 0 bridgehead atoms. The minimum absolute atomic E-state index is 0.745. The highest BCUT2D eigenvalue weighted by Crippen LogP contribution is 2.16. The summed E-state index contributed by atoms with van der Waals surface area (Å²) in [5.41, 5.74) is 2.62. The van der Waals surface area contributed by atoms with Crippen LogP contribution in [0.3, 0.4) is 0 Å². The molecule has 0 amide bonds. The molecule has 106 valence electrons. The van der Waals surface area contributed by atoms with Crippen LogP contribution in [0.2, 0.25) is 0 Å². The lowest BCUT2D eigenvalue weighted by Gasteiger charge is -2.16. The lowest BCUT2D eigenvalue weighted by molar-refractivity contribution is 0.300. The quantitative estimate of drug-likeness (QED) is 0.848. The Bertz CT molecular complexity index is 563. The first-order chi connectivity index (χ1) is 9.84. The highest BCUT2D eigenvalue weighted by molar-refractivity contribution is 5.21. The standard InChI is InChI=1S/C16H21N3O/c1-13-18-15-12-17-9-8-16(15)19(13)10-5-11-20-14-6-3-2-4-7-14/h2-4,6-7,17H,5,8-12H2,1H3. The molecule has 0 atom stereocenters. The first-order valence-electron chi connectivity index (χ1n) is 7.28.